The first-order chi connectivity index (χ1) is 6.57. The van der Waals surface area contributed by atoms with Crippen LogP contribution in [-0.2, 0) is 6.54 Å². The largest absolute Gasteiger partial charge is 0.364 e. The predicted octanol–water partition coefficient (Wildman–Crippen LogP) is 1.87. The first-order valence-corrected chi connectivity index (χ1v) is 4.58. The SMILES string of the molecule is Cc1nocc1CNC1CC(F)(F)C1. The van der Waals surface area contributed by atoms with Gasteiger partial charge >= 0.3 is 0 Å². The van der Waals surface area contributed by atoms with Gasteiger partial charge in [0.1, 0.15) is 6.26 Å². The molecule has 1 fully saturated rings. The lowest BCUT2D eigenvalue weighted by Crippen LogP contribution is -2.48. The van der Waals surface area contributed by atoms with Crippen molar-refractivity contribution < 1.29 is 13.3 Å². The average molecular weight is 202 g/mol. The van der Waals surface area contributed by atoms with Crippen molar-refractivity contribution in [2.24, 2.45) is 0 Å². The van der Waals surface area contributed by atoms with Crippen molar-refractivity contribution in [3.63, 3.8) is 0 Å². The molecule has 5 heteroatoms. The molecule has 0 aliphatic heterocycles. The van der Waals surface area contributed by atoms with Crippen LogP contribution in [0, 0.1) is 6.92 Å². The van der Waals surface area contributed by atoms with Gasteiger partial charge in [0.05, 0.1) is 5.69 Å². The lowest BCUT2D eigenvalue weighted by Gasteiger charge is -2.35. The van der Waals surface area contributed by atoms with Gasteiger partial charge in [-0.15, -0.1) is 0 Å². The lowest BCUT2D eigenvalue weighted by molar-refractivity contribution is -0.0930. The van der Waals surface area contributed by atoms with Crippen molar-refractivity contribution in [2.75, 3.05) is 0 Å². The van der Waals surface area contributed by atoms with Gasteiger partial charge in [0.2, 0.25) is 0 Å². The molecule has 1 aromatic rings. The van der Waals surface area contributed by atoms with Gasteiger partial charge in [-0.1, -0.05) is 5.16 Å². The van der Waals surface area contributed by atoms with Gasteiger partial charge in [0.15, 0.2) is 0 Å². The molecule has 0 aromatic carbocycles. The van der Waals surface area contributed by atoms with E-state index in [2.05, 4.69) is 10.5 Å². The molecule has 0 spiro atoms. The summed E-state index contributed by atoms with van der Waals surface area (Å²) < 4.78 is 29.7. The maximum atomic E-state index is 12.5. The minimum Gasteiger partial charge on any atom is -0.364 e. The predicted molar refractivity (Wildman–Crippen MR) is 46.0 cm³/mol. The second-order valence-corrected chi connectivity index (χ2v) is 3.77. The summed E-state index contributed by atoms with van der Waals surface area (Å²) in [6.45, 7) is 2.38. The third-order valence-corrected chi connectivity index (χ3v) is 2.52. The molecular weight excluding hydrogens is 190 g/mol. The van der Waals surface area contributed by atoms with E-state index in [0.29, 0.717) is 6.54 Å². The highest BCUT2D eigenvalue weighted by molar-refractivity contribution is 5.12. The van der Waals surface area contributed by atoms with Crippen molar-refractivity contribution in [3.05, 3.63) is 17.5 Å². The quantitative estimate of drug-likeness (QED) is 0.813. The molecule has 78 valence electrons. The lowest BCUT2D eigenvalue weighted by atomic mass is 9.88. The second-order valence-electron chi connectivity index (χ2n) is 3.77. The molecule has 1 aliphatic rings. The van der Waals surface area contributed by atoms with E-state index in [0.717, 1.165) is 11.3 Å². The van der Waals surface area contributed by atoms with E-state index < -0.39 is 5.92 Å². The number of rotatable bonds is 3. The fraction of sp³-hybridized carbons (Fsp3) is 0.667. The summed E-state index contributed by atoms with van der Waals surface area (Å²) in [5.41, 5.74) is 1.74. The van der Waals surface area contributed by atoms with Gasteiger partial charge in [-0.2, -0.15) is 0 Å². The maximum Gasteiger partial charge on any atom is 0.251 e. The van der Waals surface area contributed by atoms with Crippen LogP contribution in [0.3, 0.4) is 0 Å². The summed E-state index contributed by atoms with van der Waals surface area (Å²) in [5.74, 6) is -2.46. The Morgan fingerprint density at radius 3 is 2.86 bits per heavy atom. The summed E-state index contributed by atoms with van der Waals surface area (Å²) in [6, 6.07) is -0.0701. The Balaban J connectivity index is 1.77. The Morgan fingerprint density at radius 2 is 2.36 bits per heavy atom. The van der Waals surface area contributed by atoms with Gasteiger partial charge in [0, 0.05) is 31.0 Å². The Kier molecular flexibility index (Phi) is 2.26. The number of nitrogens with one attached hydrogen (secondary N) is 1. The second kappa shape index (κ2) is 3.31. The zero-order chi connectivity index (χ0) is 10.2. The number of hydrogen-bond acceptors (Lipinski definition) is 3. The molecule has 1 N–H and O–H groups in total. The fourth-order valence-electron chi connectivity index (χ4n) is 1.54. The van der Waals surface area contributed by atoms with Gasteiger partial charge in [-0.05, 0) is 6.92 Å². The van der Waals surface area contributed by atoms with Crippen LogP contribution < -0.4 is 5.32 Å². The van der Waals surface area contributed by atoms with Crippen LogP contribution in [0.15, 0.2) is 10.8 Å². The van der Waals surface area contributed by atoms with Crippen molar-refractivity contribution in [2.45, 2.75) is 38.3 Å². The maximum absolute atomic E-state index is 12.5. The van der Waals surface area contributed by atoms with Crippen LogP contribution in [0.1, 0.15) is 24.1 Å². The molecule has 0 amide bonds. The van der Waals surface area contributed by atoms with Crippen molar-refractivity contribution in [1.82, 2.24) is 10.5 Å². The Bertz CT molecular complexity index is 316. The zero-order valence-electron chi connectivity index (χ0n) is 7.89. The number of hydrogen-bond donors (Lipinski definition) is 1. The zero-order valence-corrected chi connectivity index (χ0v) is 7.89. The van der Waals surface area contributed by atoms with E-state index >= 15 is 0 Å². The summed E-state index contributed by atoms with van der Waals surface area (Å²) in [4.78, 5) is 0. The molecule has 1 aromatic heterocycles. The summed E-state index contributed by atoms with van der Waals surface area (Å²) in [5, 5.41) is 6.74. The molecular formula is C9H12F2N2O. The number of alkyl halides is 2. The smallest absolute Gasteiger partial charge is 0.251 e. The first kappa shape index (κ1) is 9.58. The molecule has 1 aliphatic carbocycles. The third kappa shape index (κ3) is 1.92. The molecule has 3 nitrogen and oxygen atoms in total. The molecule has 1 heterocycles. The van der Waals surface area contributed by atoms with E-state index in [1.165, 1.54) is 0 Å². The molecule has 14 heavy (non-hydrogen) atoms. The van der Waals surface area contributed by atoms with Gasteiger partial charge in [-0.25, -0.2) is 8.78 Å². The highest BCUT2D eigenvalue weighted by Crippen LogP contribution is 2.37. The van der Waals surface area contributed by atoms with Crippen LogP contribution in [0.25, 0.3) is 0 Å². The van der Waals surface area contributed by atoms with Crippen LogP contribution in [-0.4, -0.2) is 17.1 Å². The summed E-state index contributed by atoms with van der Waals surface area (Å²) >= 11 is 0. The molecule has 0 radical (unpaired) electrons. The van der Waals surface area contributed by atoms with Crippen LogP contribution in [0.2, 0.25) is 0 Å². The first-order valence-electron chi connectivity index (χ1n) is 4.58. The molecule has 0 unspecified atom stereocenters. The Labute approximate surface area is 80.5 Å². The standard InChI is InChI=1S/C9H12F2N2O/c1-6-7(5-14-13-6)4-12-8-2-9(10,11)3-8/h5,8,12H,2-4H2,1H3. The third-order valence-electron chi connectivity index (χ3n) is 2.52. The minimum absolute atomic E-state index is 0.0582. The van der Waals surface area contributed by atoms with E-state index in [4.69, 9.17) is 4.52 Å². The van der Waals surface area contributed by atoms with Crippen molar-refractivity contribution in [3.8, 4) is 0 Å². The van der Waals surface area contributed by atoms with E-state index in [9.17, 15) is 8.78 Å². The minimum atomic E-state index is -2.46. The van der Waals surface area contributed by atoms with E-state index in [1.807, 2.05) is 6.92 Å². The highest BCUT2D eigenvalue weighted by atomic mass is 19.3. The molecule has 2 rings (SSSR count). The molecule has 0 atom stereocenters. The molecule has 0 saturated heterocycles. The molecule has 1 saturated carbocycles. The Morgan fingerprint density at radius 1 is 1.64 bits per heavy atom. The van der Waals surface area contributed by atoms with Crippen LogP contribution in [0.4, 0.5) is 8.78 Å². The number of aromatic nitrogens is 1. The fourth-order valence-corrected chi connectivity index (χ4v) is 1.54. The summed E-state index contributed by atoms with van der Waals surface area (Å²) in [6.07, 6.45) is 1.42. The van der Waals surface area contributed by atoms with Gasteiger partial charge in [-0.3, -0.25) is 0 Å². The van der Waals surface area contributed by atoms with Crippen LogP contribution in [0.5, 0.6) is 0 Å². The normalized spacial score (nSPS) is 20.8. The average Bonchev–Trinajstić information content (AvgIpc) is 2.44. The number of halogens is 2. The number of aryl methyl sites for hydroxylation is 1. The van der Waals surface area contributed by atoms with Crippen molar-refractivity contribution >= 4 is 0 Å². The topological polar surface area (TPSA) is 38.1 Å². The highest BCUT2D eigenvalue weighted by Gasteiger charge is 2.44. The monoisotopic (exact) mass is 202 g/mol. The van der Waals surface area contributed by atoms with Crippen molar-refractivity contribution in [1.29, 1.82) is 0 Å². The van der Waals surface area contributed by atoms with E-state index in [-0.39, 0.29) is 18.9 Å². The Hall–Kier alpha value is -0.970. The number of nitrogens with zero attached hydrogens (tertiary/aromatic N) is 1. The van der Waals surface area contributed by atoms with Gasteiger partial charge in [0.25, 0.3) is 5.92 Å². The van der Waals surface area contributed by atoms with Gasteiger partial charge < -0.3 is 9.84 Å². The summed E-state index contributed by atoms with van der Waals surface area (Å²) in [7, 11) is 0. The van der Waals surface area contributed by atoms with E-state index in [1.54, 1.807) is 6.26 Å². The van der Waals surface area contributed by atoms with Crippen LogP contribution >= 0.6 is 0 Å². The molecule has 0 bridgehead atoms.